The molecule has 0 bridgehead atoms. The molecule has 76 valence electrons. The lowest BCUT2D eigenvalue weighted by molar-refractivity contribution is 0.727. The summed E-state index contributed by atoms with van der Waals surface area (Å²) >= 11 is 0. The van der Waals surface area contributed by atoms with Gasteiger partial charge in [0, 0.05) is 24.4 Å². The number of nitrogens with zero attached hydrogens (tertiary/aromatic N) is 1. The van der Waals surface area contributed by atoms with Gasteiger partial charge < -0.3 is 4.90 Å². The Morgan fingerprint density at radius 2 is 1.71 bits per heavy atom. The van der Waals surface area contributed by atoms with E-state index in [-0.39, 0.29) is 0 Å². The zero-order valence-electron chi connectivity index (χ0n) is 9.38. The molecule has 0 unspecified atom stereocenters. The van der Waals surface area contributed by atoms with Gasteiger partial charge in [-0.25, -0.2) is 0 Å². The van der Waals surface area contributed by atoms with Crippen LogP contribution >= 0.6 is 0 Å². The van der Waals surface area contributed by atoms with Gasteiger partial charge in [-0.2, -0.15) is 0 Å². The van der Waals surface area contributed by atoms with Crippen LogP contribution in [0.4, 0.5) is 5.69 Å². The molecule has 1 fully saturated rings. The van der Waals surface area contributed by atoms with Gasteiger partial charge in [-0.1, -0.05) is 38.1 Å². The average Bonchev–Trinajstić information content (AvgIpc) is 2.22. The standard InChI is InChI=1S/C11H13N.C2H6/c1-9-3-5-11(6-4-9)12-8-7-10(12)2;1-2/h3-6H,2,7-8H2,1H3;1-2H3. The van der Waals surface area contributed by atoms with E-state index >= 15 is 0 Å². The smallest absolute Gasteiger partial charge is 0.0408 e. The minimum absolute atomic E-state index is 1.13. The maximum absolute atomic E-state index is 3.97. The lowest BCUT2D eigenvalue weighted by Crippen LogP contribution is -2.33. The Bertz CT molecular complexity index is 298. The maximum atomic E-state index is 3.97. The van der Waals surface area contributed by atoms with Crippen molar-refractivity contribution >= 4 is 5.69 Å². The number of hydrogen-bond donors (Lipinski definition) is 0. The first-order chi connectivity index (χ1) is 6.77. The molecule has 1 saturated heterocycles. The molecular formula is C13H19N. The van der Waals surface area contributed by atoms with Gasteiger partial charge in [0.1, 0.15) is 0 Å². The second-order valence-electron chi connectivity index (χ2n) is 3.30. The summed E-state index contributed by atoms with van der Waals surface area (Å²) in [5.74, 6) is 0. The monoisotopic (exact) mass is 189 g/mol. The van der Waals surface area contributed by atoms with Crippen LogP contribution in [0.15, 0.2) is 36.5 Å². The molecule has 2 rings (SSSR count). The Kier molecular flexibility index (Phi) is 3.75. The van der Waals surface area contributed by atoms with Crippen molar-refractivity contribution in [2.45, 2.75) is 27.2 Å². The van der Waals surface area contributed by atoms with Crippen LogP contribution < -0.4 is 4.90 Å². The number of benzene rings is 1. The SMILES string of the molecule is C=C1CCN1c1ccc(C)cc1.CC. The van der Waals surface area contributed by atoms with E-state index in [4.69, 9.17) is 0 Å². The first-order valence-electron chi connectivity index (χ1n) is 5.29. The average molecular weight is 189 g/mol. The van der Waals surface area contributed by atoms with Gasteiger partial charge in [0.15, 0.2) is 0 Å². The van der Waals surface area contributed by atoms with E-state index in [2.05, 4.69) is 42.7 Å². The molecule has 14 heavy (non-hydrogen) atoms. The van der Waals surface area contributed by atoms with Crippen LogP contribution in [0.3, 0.4) is 0 Å². The molecule has 1 aromatic carbocycles. The van der Waals surface area contributed by atoms with Crippen LogP contribution in [0.5, 0.6) is 0 Å². The third-order valence-corrected chi connectivity index (χ3v) is 2.35. The summed E-state index contributed by atoms with van der Waals surface area (Å²) in [6.07, 6.45) is 1.15. The van der Waals surface area contributed by atoms with E-state index in [9.17, 15) is 0 Å². The maximum Gasteiger partial charge on any atom is 0.0408 e. The van der Waals surface area contributed by atoms with Crippen LogP contribution in [0.1, 0.15) is 25.8 Å². The highest BCUT2D eigenvalue weighted by Gasteiger charge is 2.18. The van der Waals surface area contributed by atoms with Gasteiger partial charge in [0.05, 0.1) is 0 Å². The Morgan fingerprint density at radius 1 is 1.14 bits per heavy atom. The van der Waals surface area contributed by atoms with E-state index in [1.54, 1.807) is 0 Å². The predicted molar refractivity (Wildman–Crippen MR) is 63.6 cm³/mol. The van der Waals surface area contributed by atoms with Gasteiger partial charge in [-0.15, -0.1) is 0 Å². The summed E-state index contributed by atoms with van der Waals surface area (Å²) in [5, 5.41) is 0. The summed E-state index contributed by atoms with van der Waals surface area (Å²) in [6, 6.07) is 8.58. The van der Waals surface area contributed by atoms with E-state index in [0.717, 1.165) is 13.0 Å². The van der Waals surface area contributed by atoms with Gasteiger partial charge in [-0.05, 0) is 19.1 Å². The Balaban J connectivity index is 0.000000461. The fourth-order valence-electron chi connectivity index (χ4n) is 1.42. The molecule has 1 heteroatoms. The topological polar surface area (TPSA) is 3.24 Å². The number of anilines is 1. The van der Waals surface area contributed by atoms with Crippen LogP contribution in [-0.2, 0) is 0 Å². The van der Waals surface area contributed by atoms with Gasteiger partial charge >= 0.3 is 0 Å². The molecule has 1 nitrogen and oxygen atoms in total. The van der Waals surface area contributed by atoms with Crippen molar-refractivity contribution in [3.05, 3.63) is 42.1 Å². The number of hydrogen-bond acceptors (Lipinski definition) is 1. The Labute approximate surface area is 87.1 Å². The summed E-state index contributed by atoms with van der Waals surface area (Å²) in [7, 11) is 0. The van der Waals surface area contributed by atoms with E-state index < -0.39 is 0 Å². The first kappa shape index (κ1) is 10.8. The van der Waals surface area contributed by atoms with Gasteiger partial charge in [0.2, 0.25) is 0 Å². The van der Waals surface area contributed by atoms with Crippen LogP contribution in [0.2, 0.25) is 0 Å². The normalized spacial score (nSPS) is 14.2. The minimum atomic E-state index is 1.13. The molecule has 0 aromatic heterocycles. The lowest BCUT2D eigenvalue weighted by Gasteiger charge is -2.35. The molecule has 0 N–H and O–H groups in total. The molecule has 0 atom stereocenters. The molecular weight excluding hydrogens is 170 g/mol. The van der Waals surface area contributed by atoms with Crippen LogP contribution in [0, 0.1) is 6.92 Å². The highest BCUT2D eigenvalue weighted by Crippen LogP contribution is 2.27. The Morgan fingerprint density at radius 3 is 2.07 bits per heavy atom. The molecule has 0 aliphatic carbocycles. The first-order valence-corrected chi connectivity index (χ1v) is 5.29. The zero-order valence-corrected chi connectivity index (χ0v) is 9.38. The van der Waals surface area contributed by atoms with Crippen molar-refractivity contribution in [3.63, 3.8) is 0 Å². The predicted octanol–water partition coefficient (Wildman–Crippen LogP) is 3.75. The van der Waals surface area contributed by atoms with Crippen molar-refractivity contribution in [3.8, 4) is 0 Å². The molecule has 1 heterocycles. The fraction of sp³-hybridized carbons (Fsp3) is 0.385. The minimum Gasteiger partial charge on any atom is -0.345 e. The summed E-state index contributed by atoms with van der Waals surface area (Å²) < 4.78 is 0. The van der Waals surface area contributed by atoms with Crippen molar-refractivity contribution in [2.24, 2.45) is 0 Å². The van der Waals surface area contributed by atoms with Crippen molar-refractivity contribution in [1.82, 2.24) is 0 Å². The molecule has 1 aliphatic heterocycles. The van der Waals surface area contributed by atoms with Crippen LogP contribution in [-0.4, -0.2) is 6.54 Å². The van der Waals surface area contributed by atoms with E-state index in [1.165, 1.54) is 16.9 Å². The zero-order chi connectivity index (χ0) is 10.6. The number of rotatable bonds is 1. The summed E-state index contributed by atoms with van der Waals surface area (Å²) in [6.45, 7) is 11.2. The molecule has 1 aromatic rings. The third kappa shape index (κ3) is 2.16. The third-order valence-electron chi connectivity index (χ3n) is 2.35. The Hall–Kier alpha value is -1.24. The second kappa shape index (κ2) is 4.85. The van der Waals surface area contributed by atoms with Gasteiger partial charge in [-0.3, -0.25) is 0 Å². The highest BCUT2D eigenvalue weighted by atomic mass is 15.2. The van der Waals surface area contributed by atoms with Crippen molar-refractivity contribution in [2.75, 3.05) is 11.4 Å². The van der Waals surface area contributed by atoms with E-state index in [1.807, 2.05) is 13.8 Å². The van der Waals surface area contributed by atoms with Crippen molar-refractivity contribution in [1.29, 1.82) is 0 Å². The fourth-order valence-corrected chi connectivity index (χ4v) is 1.42. The van der Waals surface area contributed by atoms with E-state index in [0.29, 0.717) is 0 Å². The lowest BCUT2D eigenvalue weighted by atomic mass is 10.1. The number of aryl methyl sites for hydroxylation is 1. The quantitative estimate of drug-likeness (QED) is 0.650. The summed E-state index contributed by atoms with van der Waals surface area (Å²) in [5.41, 5.74) is 3.82. The second-order valence-corrected chi connectivity index (χ2v) is 3.30. The van der Waals surface area contributed by atoms with Crippen LogP contribution in [0.25, 0.3) is 0 Å². The molecule has 0 amide bonds. The summed E-state index contributed by atoms with van der Waals surface area (Å²) in [4.78, 5) is 2.25. The largest absolute Gasteiger partial charge is 0.345 e. The van der Waals surface area contributed by atoms with Gasteiger partial charge in [0.25, 0.3) is 0 Å². The molecule has 0 radical (unpaired) electrons. The molecule has 1 aliphatic rings. The molecule has 0 spiro atoms. The molecule has 0 saturated carbocycles. The highest BCUT2D eigenvalue weighted by molar-refractivity contribution is 5.55. The van der Waals surface area contributed by atoms with Crippen molar-refractivity contribution < 1.29 is 0 Å².